The van der Waals surface area contributed by atoms with Crippen molar-refractivity contribution in [1.82, 2.24) is 24.9 Å². The van der Waals surface area contributed by atoms with Crippen molar-refractivity contribution in [2.75, 3.05) is 138 Å². The Kier molecular flexibility index (Phi) is 27.8. The van der Waals surface area contributed by atoms with Gasteiger partial charge in [0, 0.05) is 65.3 Å². The van der Waals surface area contributed by atoms with Gasteiger partial charge in [-0.15, -0.1) is 0 Å². The molecule has 0 spiro atoms. The Morgan fingerprint density at radius 3 is 1.35 bits per heavy atom. The minimum atomic E-state index is -0.944. The van der Waals surface area contributed by atoms with Gasteiger partial charge in [0.05, 0.1) is 72.5 Å². The predicted molar refractivity (Wildman–Crippen MR) is 167 cm³/mol. The van der Waals surface area contributed by atoms with Crippen molar-refractivity contribution in [3.05, 3.63) is 0 Å². The molecule has 1 fully saturated rings. The van der Waals surface area contributed by atoms with Gasteiger partial charge in [0.2, 0.25) is 5.91 Å². The lowest BCUT2D eigenvalue weighted by molar-refractivity contribution is -0.140. The largest absolute Gasteiger partial charge is 0.483 e. The van der Waals surface area contributed by atoms with Crippen LogP contribution in [-0.4, -0.2) is 203 Å². The van der Waals surface area contributed by atoms with Crippen molar-refractivity contribution in [1.29, 1.82) is 0 Å². The first kappa shape index (κ1) is 43.2. The lowest BCUT2D eigenvalue weighted by Crippen LogP contribution is -2.49. The predicted octanol–water partition coefficient (Wildman–Crippen LogP) is -1.74. The van der Waals surface area contributed by atoms with Crippen LogP contribution in [0.5, 0.6) is 0 Å². The van der Waals surface area contributed by atoms with Crippen LogP contribution in [0, 0.1) is 0 Å². The maximum absolute atomic E-state index is 12.6. The maximum Gasteiger partial charge on any atom is 0.317 e. The molecule has 46 heavy (non-hydrogen) atoms. The summed E-state index contributed by atoms with van der Waals surface area (Å²) in [7, 11) is 0. The fourth-order valence-corrected chi connectivity index (χ4v) is 4.25. The summed E-state index contributed by atoms with van der Waals surface area (Å²) in [4.78, 5) is 62.4. The molecule has 1 aliphatic heterocycles. The second kappa shape index (κ2) is 29.6. The van der Waals surface area contributed by atoms with Crippen molar-refractivity contribution in [3.63, 3.8) is 0 Å². The van der Waals surface area contributed by atoms with Crippen molar-refractivity contribution in [3.8, 4) is 0 Å². The van der Waals surface area contributed by atoms with Gasteiger partial charge < -0.3 is 44.5 Å². The van der Waals surface area contributed by atoms with Gasteiger partial charge in [0.1, 0.15) is 5.78 Å². The van der Waals surface area contributed by atoms with Gasteiger partial charge >= 0.3 is 11.9 Å². The van der Waals surface area contributed by atoms with Crippen LogP contribution in [0.3, 0.4) is 0 Å². The number of amides is 1. The van der Waals surface area contributed by atoms with E-state index in [1.807, 2.05) is 9.80 Å². The second-order valence-electron chi connectivity index (χ2n) is 10.4. The highest BCUT2D eigenvalue weighted by atomic mass is 16.6. The van der Waals surface area contributed by atoms with Gasteiger partial charge in [0.25, 0.3) is 6.47 Å². The average molecular weight is 666 g/mol. The summed E-state index contributed by atoms with van der Waals surface area (Å²) in [6.45, 7) is 12.2. The van der Waals surface area contributed by atoms with E-state index in [1.54, 1.807) is 4.90 Å². The van der Waals surface area contributed by atoms with Crippen LogP contribution < -0.4 is 5.32 Å². The van der Waals surface area contributed by atoms with E-state index in [4.69, 9.17) is 28.8 Å². The number of carbonyl (C=O) groups is 5. The van der Waals surface area contributed by atoms with E-state index in [0.717, 1.165) is 6.54 Å². The van der Waals surface area contributed by atoms with E-state index in [2.05, 4.69) is 17.1 Å². The van der Waals surface area contributed by atoms with Gasteiger partial charge in [-0.3, -0.25) is 38.7 Å². The summed E-state index contributed by atoms with van der Waals surface area (Å²) in [6, 6.07) is 0. The zero-order valence-corrected chi connectivity index (χ0v) is 27.4. The van der Waals surface area contributed by atoms with Gasteiger partial charge in [0.15, 0.2) is 0 Å². The summed E-state index contributed by atoms with van der Waals surface area (Å²) < 4.78 is 21.6. The number of carboxylic acid groups (broad SMARTS) is 3. The van der Waals surface area contributed by atoms with Crippen LogP contribution in [0.15, 0.2) is 0 Å². The molecule has 1 saturated heterocycles. The summed E-state index contributed by atoms with van der Waals surface area (Å²) >= 11 is 0. The Morgan fingerprint density at radius 2 is 0.978 bits per heavy atom. The molecule has 17 nitrogen and oxygen atoms in total. The van der Waals surface area contributed by atoms with Gasteiger partial charge in [-0.1, -0.05) is 6.92 Å². The number of ketones is 1. The zero-order chi connectivity index (χ0) is 34.4. The molecule has 0 aliphatic carbocycles. The quantitative estimate of drug-likeness (QED) is 0.0748. The first-order chi connectivity index (χ1) is 22.1. The number of rotatable bonds is 22. The minimum absolute atomic E-state index is 0.0852. The molecule has 1 aliphatic rings. The highest BCUT2D eigenvalue weighted by molar-refractivity contribution is 5.78. The van der Waals surface area contributed by atoms with Crippen molar-refractivity contribution in [2.24, 2.45) is 0 Å². The number of nitrogens with zero attached hydrogens (tertiary/aromatic N) is 4. The number of nitrogens with one attached hydrogen (secondary N) is 1. The molecule has 0 aromatic carbocycles. The Morgan fingerprint density at radius 1 is 0.630 bits per heavy atom. The fourth-order valence-electron chi connectivity index (χ4n) is 4.25. The Balaban J connectivity index is 0.00000647. The Labute approximate surface area is 271 Å². The normalized spacial score (nSPS) is 16.0. The fraction of sp³-hybridized carbons (Fsp3) is 0.828. The van der Waals surface area contributed by atoms with E-state index < -0.39 is 11.9 Å². The van der Waals surface area contributed by atoms with Gasteiger partial charge in [-0.2, -0.15) is 0 Å². The van der Waals surface area contributed by atoms with Gasteiger partial charge in [-0.25, -0.2) is 0 Å². The van der Waals surface area contributed by atoms with Crippen molar-refractivity contribution >= 4 is 30.1 Å². The summed E-state index contributed by atoms with van der Waals surface area (Å²) in [5, 5.41) is 28.4. The summed E-state index contributed by atoms with van der Waals surface area (Å²) in [6.07, 6.45) is 0.414. The van der Waals surface area contributed by atoms with Crippen LogP contribution >= 0.6 is 0 Å². The SMILES string of the molecule is CCN1CCN(CC(=O)O)CCN(CC(=O)O)CCN(CC(=O)NCCOCCOCCOCCOCCC(C)=O)CC1.O=CO. The van der Waals surface area contributed by atoms with E-state index in [-0.39, 0.29) is 37.8 Å². The number of carboxylic acids is 2. The molecule has 0 aromatic rings. The Bertz CT molecular complexity index is 838. The standard InChI is InChI=1S/C28H53N5O10.CH2O2/c1-3-30-6-8-31(10-11-33(24-28(38)39)13-12-32(9-7-30)23-27(36)37)22-26(35)29-5-15-41-17-19-43-21-20-42-18-16-40-14-4-25(2)34;2-1-3/h3-24H2,1-2H3,(H,29,35)(H,36,37)(H,38,39);1H,(H,2,3). The molecule has 0 unspecified atom stereocenters. The van der Waals surface area contributed by atoms with E-state index in [1.165, 1.54) is 6.92 Å². The number of carbonyl (C=O) groups excluding carboxylic acids is 2. The maximum atomic E-state index is 12.6. The van der Waals surface area contributed by atoms with Crippen molar-refractivity contribution < 1.29 is 58.2 Å². The molecule has 17 heteroatoms. The Hall–Kier alpha value is -2.77. The summed E-state index contributed by atoms with van der Waals surface area (Å²) in [5.41, 5.74) is 0. The highest BCUT2D eigenvalue weighted by Gasteiger charge is 2.19. The third-order valence-electron chi connectivity index (χ3n) is 6.75. The third kappa shape index (κ3) is 27.5. The molecular formula is C29H55N5O12. The van der Waals surface area contributed by atoms with Gasteiger partial charge in [-0.05, 0) is 13.5 Å². The molecule has 1 heterocycles. The second-order valence-corrected chi connectivity index (χ2v) is 10.4. The molecule has 0 aromatic heterocycles. The molecular weight excluding hydrogens is 610 g/mol. The van der Waals surface area contributed by atoms with E-state index >= 15 is 0 Å². The summed E-state index contributed by atoms with van der Waals surface area (Å²) in [5.74, 6) is -1.88. The third-order valence-corrected chi connectivity index (χ3v) is 6.75. The molecule has 0 saturated carbocycles. The monoisotopic (exact) mass is 665 g/mol. The molecule has 1 amide bonds. The van der Waals surface area contributed by atoms with Crippen LogP contribution in [0.4, 0.5) is 0 Å². The first-order valence-corrected chi connectivity index (χ1v) is 15.6. The molecule has 0 bridgehead atoms. The molecule has 4 N–H and O–H groups in total. The molecule has 0 atom stereocenters. The number of aliphatic carboxylic acids is 2. The van der Waals surface area contributed by atoms with Crippen LogP contribution in [0.2, 0.25) is 0 Å². The number of likely N-dealkylation sites (N-methyl/N-ethyl adjacent to an activating group) is 1. The highest BCUT2D eigenvalue weighted by Crippen LogP contribution is 2.01. The van der Waals surface area contributed by atoms with Crippen LogP contribution in [0.1, 0.15) is 20.3 Å². The molecule has 268 valence electrons. The van der Waals surface area contributed by atoms with Crippen LogP contribution in [0.25, 0.3) is 0 Å². The number of hydrogen-bond acceptors (Lipinski definition) is 13. The van der Waals surface area contributed by atoms with E-state index in [0.29, 0.717) is 118 Å². The molecule has 0 radical (unpaired) electrons. The number of ether oxygens (including phenoxy) is 4. The smallest absolute Gasteiger partial charge is 0.317 e. The number of hydrogen-bond donors (Lipinski definition) is 4. The molecule has 1 rings (SSSR count). The number of Topliss-reactive ketones (excluding diaryl/α,β-unsaturated/α-hetero) is 1. The topological polar surface area (TPSA) is 208 Å². The van der Waals surface area contributed by atoms with E-state index in [9.17, 15) is 29.4 Å². The van der Waals surface area contributed by atoms with Crippen molar-refractivity contribution in [2.45, 2.75) is 20.3 Å². The zero-order valence-electron chi connectivity index (χ0n) is 27.4. The lowest BCUT2D eigenvalue weighted by Gasteiger charge is -2.33. The minimum Gasteiger partial charge on any atom is -0.483 e. The average Bonchev–Trinajstić information content (AvgIpc) is 2.99. The first-order valence-electron chi connectivity index (χ1n) is 15.6. The van der Waals surface area contributed by atoms with Crippen LogP contribution in [-0.2, 0) is 42.9 Å². The lowest BCUT2D eigenvalue weighted by atomic mass is 10.3.